The lowest BCUT2D eigenvalue weighted by molar-refractivity contribution is -0.174. The Kier molecular flexibility index (Phi) is 24.6. The van der Waals surface area contributed by atoms with Crippen LogP contribution in [0.4, 0.5) is 0 Å². The molecule has 0 bridgehead atoms. The van der Waals surface area contributed by atoms with Crippen LogP contribution in [0.3, 0.4) is 0 Å². The Hall–Kier alpha value is -1.96. The summed E-state index contributed by atoms with van der Waals surface area (Å²) in [5.74, 6) is 3.87. The summed E-state index contributed by atoms with van der Waals surface area (Å²) in [4.78, 5) is 34.9. The van der Waals surface area contributed by atoms with Crippen LogP contribution in [0.5, 0.6) is 0 Å². The Bertz CT molecular complexity index is 1650. The Morgan fingerprint density at radius 3 is 1.87 bits per heavy atom. The van der Waals surface area contributed by atoms with E-state index < -0.39 is 6.04 Å². The number of benzene rings is 1. The first kappa shape index (κ1) is 58.3. The van der Waals surface area contributed by atoms with E-state index in [0.717, 1.165) is 82.9 Å². The van der Waals surface area contributed by atoms with Gasteiger partial charge in [-0.2, -0.15) is 0 Å². The zero-order chi connectivity index (χ0) is 50.6. The lowest BCUT2D eigenvalue weighted by atomic mass is 9.43. The van der Waals surface area contributed by atoms with Crippen molar-refractivity contribution in [1.82, 2.24) is 15.1 Å². The van der Waals surface area contributed by atoms with Crippen molar-refractivity contribution in [2.75, 3.05) is 26.7 Å². The summed E-state index contributed by atoms with van der Waals surface area (Å²) in [6, 6.07) is 9.86. The third-order valence-electron chi connectivity index (χ3n) is 20.8. The minimum Gasteiger partial charge on any atom is -0.393 e. The standard InChI is InChI=1S/C64H111N3O4/c1-7-9-11-13-15-17-18-20-22-25-31-52(30-24-21-19-16-14-12-10-8-2)48-67(58(44-50-38-42-66(6)43-39-50)62(71)65-47-51-28-26-23-27-29-51)60(70)35-32-49(3)55-33-34-56-61-57(37-41-64(55,56)5)63(4)40-36-54(68)45-53(63)46-59(61)69/h23,26-29,49-50,52-59,61,68-69H,7-22,24-25,30-48H2,1-6H3,(H,65,71)/t49?,52?,53-,54+,55+,56?,57-,58?,59+,61-,63-,64+/m0/s1. The normalized spacial score (nSPS) is 30.2. The van der Waals surface area contributed by atoms with Gasteiger partial charge in [0.15, 0.2) is 0 Å². The Morgan fingerprint density at radius 2 is 1.27 bits per heavy atom. The maximum absolute atomic E-state index is 15.4. The second-order valence-corrected chi connectivity index (χ2v) is 25.8. The van der Waals surface area contributed by atoms with Crippen molar-refractivity contribution < 1.29 is 19.8 Å². The fourth-order valence-corrected chi connectivity index (χ4v) is 16.3. The van der Waals surface area contributed by atoms with Crippen LogP contribution in [0, 0.1) is 58.2 Å². The highest BCUT2D eigenvalue weighted by molar-refractivity contribution is 5.87. The summed E-state index contributed by atoms with van der Waals surface area (Å²) >= 11 is 0. The van der Waals surface area contributed by atoms with E-state index in [1.165, 1.54) is 141 Å². The topological polar surface area (TPSA) is 93.1 Å². The smallest absolute Gasteiger partial charge is 0.243 e. The molecule has 3 N–H and O–H groups in total. The van der Waals surface area contributed by atoms with E-state index in [4.69, 9.17) is 0 Å². The Balaban J connectivity index is 1.17. The number of fused-ring (bicyclic) bond motifs is 5. The molecule has 0 radical (unpaired) electrons. The van der Waals surface area contributed by atoms with E-state index >= 15 is 4.79 Å². The second kappa shape index (κ2) is 30.0. The first-order valence-corrected chi connectivity index (χ1v) is 31.0. The first-order valence-electron chi connectivity index (χ1n) is 31.0. The van der Waals surface area contributed by atoms with Crippen LogP contribution in [-0.2, 0) is 16.1 Å². The van der Waals surface area contributed by atoms with Gasteiger partial charge in [-0.1, -0.05) is 181 Å². The lowest BCUT2D eigenvalue weighted by Gasteiger charge is -2.62. The Labute approximate surface area is 437 Å². The van der Waals surface area contributed by atoms with E-state index in [-0.39, 0.29) is 34.9 Å². The summed E-state index contributed by atoms with van der Waals surface area (Å²) in [5.41, 5.74) is 1.50. The summed E-state index contributed by atoms with van der Waals surface area (Å²) in [5, 5.41) is 26.0. The molecule has 71 heavy (non-hydrogen) atoms. The zero-order valence-corrected chi connectivity index (χ0v) is 47.0. The number of nitrogens with zero attached hydrogens (tertiary/aromatic N) is 2. The van der Waals surface area contributed by atoms with Gasteiger partial charge in [0.25, 0.3) is 0 Å². The molecular formula is C64H111N3O4. The van der Waals surface area contributed by atoms with Crippen molar-refractivity contribution in [1.29, 1.82) is 0 Å². The fraction of sp³-hybridized carbons (Fsp3) is 0.875. The molecule has 12 atom stereocenters. The van der Waals surface area contributed by atoms with Gasteiger partial charge in [-0.05, 0) is 174 Å². The van der Waals surface area contributed by atoms with Gasteiger partial charge in [-0.25, -0.2) is 0 Å². The molecule has 4 saturated carbocycles. The van der Waals surface area contributed by atoms with E-state index in [0.29, 0.717) is 66.9 Å². The number of hydrogen-bond donors (Lipinski definition) is 3. The summed E-state index contributed by atoms with van der Waals surface area (Å²) in [6.45, 7) is 15.4. The largest absolute Gasteiger partial charge is 0.393 e. The molecule has 0 aromatic heterocycles. The number of amides is 2. The van der Waals surface area contributed by atoms with Gasteiger partial charge in [-0.3, -0.25) is 9.59 Å². The second-order valence-electron chi connectivity index (χ2n) is 25.8. The van der Waals surface area contributed by atoms with Crippen LogP contribution in [0.1, 0.15) is 252 Å². The van der Waals surface area contributed by atoms with Crippen molar-refractivity contribution in [2.45, 2.75) is 271 Å². The van der Waals surface area contributed by atoms with Gasteiger partial charge in [0.05, 0.1) is 12.2 Å². The molecular weight excluding hydrogens is 875 g/mol. The van der Waals surface area contributed by atoms with Gasteiger partial charge in [0.1, 0.15) is 6.04 Å². The van der Waals surface area contributed by atoms with Crippen molar-refractivity contribution >= 4 is 11.8 Å². The number of piperidine rings is 1. The van der Waals surface area contributed by atoms with Crippen molar-refractivity contribution in [3.63, 3.8) is 0 Å². The van der Waals surface area contributed by atoms with E-state index in [9.17, 15) is 15.0 Å². The van der Waals surface area contributed by atoms with Crippen molar-refractivity contribution in [3.05, 3.63) is 35.9 Å². The number of aliphatic hydroxyl groups excluding tert-OH is 2. The van der Waals surface area contributed by atoms with Crippen molar-refractivity contribution in [2.24, 2.45) is 58.2 Å². The molecule has 5 aliphatic rings. The highest BCUT2D eigenvalue weighted by Crippen LogP contribution is 2.68. The van der Waals surface area contributed by atoms with Gasteiger partial charge in [-0.15, -0.1) is 0 Å². The van der Waals surface area contributed by atoms with Gasteiger partial charge in [0, 0.05) is 19.5 Å². The average molecular weight is 987 g/mol. The predicted octanol–water partition coefficient (Wildman–Crippen LogP) is 15.1. The van der Waals surface area contributed by atoms with Crippen LogP contribution < -0.4 is 5.32 Å². The predicted molar refractivity (Wildman–Crippen MR) is 297 cm³/mol. The summed E-state index contributed by atoms with van der Waals surface area (Å²) in [6.07, 6.45) is 38.4. The molecule has 1 aromatic rings. The third kappa shape index (κ3) is 16.8. The number of aliphatic hydroxyl groups is 2. The molecule has 406 valence electrons. The highest BCUT2D eigenvalue weighted by atomic mass is 16.3. The summed E-state index contributed by atoms with van der Waals surface area (Å²) in [7, 11) is 2.22. The number of nitrogens with one attached hydrogen (secondary N) is 1. The maximum Gasteiger partial charge on any atom is 0.243 e. The molecule has 1 saturated heterocycles. The minimum atomic E-state index is -0.453. The van der Waals surface area contributed by atoms with E-state index in [1.54, 1.807) is 0 Å². The molecule has 7 heteroatoms. The van der Waals surface area contributed by atoms with Crippen LogP contribution >= 0.6 is 0 Å². The molecule has 7 nitrogen and oxygen atoms in total. The number of carbonyl (C=O) groups is 2. The average Bonchev–Trinajstić information content (AvgIpc) is 3.73. The van der Waals surface area contributed by atoms with E-state index in [2.05, 4.69) is 68.9 Å². The number of rotatable bonds is 32. The van der Waals surface area contributed by atoms with Crippen LogP contribution in [0.15, 0.2) is 30.3 Å². The van der Waals surface area contributed by atoms with Crippen molar-refractivity contribution in [3.8, 4) is 0 Å². The monoisotopic (exact) mass is 986 g/mol. The Morgan fingerprint density at radius 1 is 0.704 bits per heavy atom. The van der Waals surface area contributed by atoms with Crippen LogP contribution in [0.2, 0.25) is 0 Å². The lowest BCUT2D eigenvalue weighted by Crippen LogP contribution is -2.58. The molecule has 6 rings (SSSR count). The maximum atomic E-state index is 15.4. The van der Waals surface area contributed by atoms with Gasteiger partial charge in [0.2, 0.25) is 11.8 Å². The fourth-order valence-electron chi connectivity index (χ4n) is 16.3. The molecule has 5 fully saturated rings. The quantitative estimate of drug-likeness (QED) is 0.0626. The van der Waals surface area contributed by atoms with Gasteiger partial charge < -0.3 is 25.3 Å². The molecule has 4 aliphatic carbocycles. The molecule has 1 aromatic carbocycles. The first-order chi connectivity index (χ1) is 34.4. The third-order valence-corrected chi connectivity index (χ3v) is 20.8. The molecule has 1 heterocycles. The minimum absolute atomic E-state index is 0.0382. The number of likely N-dealkylation sites (tertiary alicyclic amines) is 1. The SMILES string of the molecule is CCCCCCCCCCCCC(CCCCCCCCCC)CN(C(=O)CCC(C)[C@H]1CCC2[C@@H]3[C@H](O)C[C@@H]4C[C@H](O)CC[C@]4(C)[C@H]3CC[C@@]21C)C(CC1CCN(C)CC1)C(=O)NCc1ccccc1. The zero-order valence-electron chi connectivity index (χ0n) is 47.0. The number of unbranched alkanes of at least 4 members (excludes halogenated alkanes) is 16. The molecule has 4 unspecified atom stereocenters. The summed E-state index contributed by atoms with van der Waals surface area (Å²) < 4.78 is 0. The van der Waals surface area contributed by atoms with Gasteiger partial charge >= 0.3 is 0 Å². The van der Waals surface area contributed by atoms with Crippen LogP contribution in [0.25, 0.3) is 0 Å². The number of carbonyl (C=O) groups excluding carboxylic acids is 2. The van der Waals surface area contributed by atoms with E-state index in [1.807, 2.05) is 18.2 Å². The molecule has 1 aliphatic heterocycles. The molecule has 2 amide bonds. The number of hydrogen-bond acceptors (Lipinski definition) is 5. The molecule has 0 spiro atoms. The van der Waals surface area contributed by atoms with Crippen LogP contribution in [-0.4, -0.2) is 76.8 Å². The highest BCUT2D eigenvalue weighted by Gasteiger charge is 2.63.